The van der Waals surface area contributed by atoms with Gasteiger partial charge in [0.1, 0.15) is 5.51 Å². The van der Waals surface area contributed by atoms with Crippen LogP contribution in [0.15, 0.2) is 5.51 Å². The Kier molecular flexibility index (Phi) is 3.12. The molecule has 0 radical (unpaired) electrons. The third-order valence-corrected chi connectivity index (χ3v) is 3.10. The van der Waals surface area contributed by atoms with Crippen molar-refractivity contribution < 1.29 is 9.90 Å². The molecule has 1 aromatic heterocycles. The molecule has 1 aliphatic rings. The fourth-order valence-electron chi connectivity index (χ4n) is 1.59. The van der Waals surface area contributed by atoms with Gasteiger partial charge in [0.25, 0.3) is 0 Å². The van der Waals surface area contributed by atoms with Crippen molar-refractivity contribution in [2.24, 2.45) is 0 Å². The molecule has 2 rings (SSSR count). The molecule has 82 valence electrons. The molecule has 15 heavy (non-hydrogen) atoms. The summed E-state index contributed by atoms with van der Waals surface area (Å²) < 4.78 is 0. The van der Waals surface area contributed by atoms with Gasteiger partial charge in [-0.05, 0) is 0 Å². The van der Waals surface area contributed by atoms with Crippen LogP contribution in [0.5, 0.6) is 0 Å². The van der Waals surface area contributed by atoms with E-state index in [1.54, 1.807) is 5.51 Å². The first kappa shape index (κ1) is 10.3. The van der Waals surface area contributed by atoms with Gasteiger partial charge in [0, 0.05) is 26.2 Å². The number of rotatable bonds is 3. The van der Waals surface area contributed by atoms with Crippen molar-refractivity contribution in [1.82, 2.24) is 15.1 Å². The maximum Gasteiger partial charge on any atom is 0.317 e. The molecule has 1 fully saturated rings. The summed E-state index contributed by atoms with van der Waals surface area (Å²) in [6.45, 7) is 3.31. The van der Waals surface area contributed by atoms with E-state index in [0.29, 0.717) is 0 Å². The van der Waals surface area contributed by atoms with Gasteiger partial charge in [-0.25, -0.2) is 0 Å². The minimum Gasteiger partial charge on any atom is -0.480 e. The second-order valence-electron chi connectivity index (χ2n) is 3.38. The standard InChI is InChI=1S/C8H12N4O2S/c13-7(14)5-11-1-3-12(4-2-11)8-10-9-6-15-8/h6H,1-5H2,(H,13,14). The lowest BCUT2D eigenvalue weighted by Crippen LogP contribution is -2.47. The third-order valence-electron chi connectivity index (χ3n) is 2.35. The van der Waals surface area contributed by atoms with E-state index < -0.39 is 5.97 Å². The zero-order chi connectivity index (χ0) is 10.7. The molecule has 0 spiro atoms. The van der Waals surface area contributed by atoms with Gasteiger partial charge in [-0.1, -0.05) is 11.3 Å². The number of hydrogen-bond donors (Lipinski definition) is 1. The van der Waals surface area contributed by atoms with E-state index in [9.17, 15) is 4.79 Å². The monoisotopic (exact) mass is 228 g/mol. The van der Waals surface area contributed by atoms with E-state index in [-0.39, 0.29) is 6.54 Å². The number of aromatic nitrogens is 2. The number of carboxylic acids is 1. The molecule has 0 amide bonds. The summed E-state index contributed by atoms with van der Waals surface area (Å²) in [7, 11) is 0. The molecule has 0 aromatic carbocycles. The van der Waals surface area contributed by atoms with E-state index >= 15 is 0 Å². The van der Waals surface area contributed by atoms with Crippen LogP contribution < -0.4 is 4.90 Å². The molecule has 1 aromatic rings. The van der Waals surface area contributed by atoms with E-state index in [2.05, 4.69) is 15.1 Å². The molecule has 0 unspecified atom stereocenters. The van der Waals surface area contributed by atoms with Gasteiger partial charge in [0.15, 0.2) is 0 Å². The Morgan fingerprint density at radius 1 is 1.47 bits per heavy atom. The van der Waals surface area contributed by atoms with Crippen LogP contribution in [0.3, 0.4) is 0 Å². The molecule has 0 aliphatic carbocycles. The van der Waals surface area contributed by atoms with Crippen molar-refractivity contribution in [1.29, 1.82) is 0 Å². The van der Waals surface area contributed by atoms with E-state index in [1.165, 1.54) is 11.3 Å². The van der Waals surface area contributed by atoms with E-state index in [1.807, 2.05) is 4.90 Å². The predicted octanol–water partition coefficient (Wildman–Crippen LogP) is -0.255. The van der Waals surface area contributed by atoms with Gasteiger partial charge in [-0.3, -0.25) is 9.69 Å². The van der Waals surface area contributed by atoms with Gasteiger partial charge in [0.2, 0.25) is 5.13 Å². The molecular formula is C8H12N4O2S. The maximum atomic E-state index is 10.5. The highest BCUT2D eigenvalue weighted by molar-refractivity contribution is 7.13. The Balaban J connectivity index is 1.84. The molecular weight excluding hydrogens is 216 g/mol. The van der Waals surface area contributed by atoms with Gasteiger partial charge < -0.3 is 10.0 Å². The van der Waals surface area contributed by atoms with Gasteiger partial charge in [-0.15, -0.1) is 10.2 Å². The lowest BCUT2D eigenvalue weighted by molar-refractivity contribution is -0.138. The fraction of sp³-hybridized carbons (Fsp3) is 0.625. The Labute approximate surface area is 91.1 Å². The van der Waals surface area contributed by atoms with Crippen LogP contribution >= 0.6 is 11.3 Å². The first-order valence-corrected chi connectivity index (χ1v) is 5.59. The minimum absolute atomic E-state index is 0.129. The molecule has 7 heteroatoms. The van der Waals surface area contributed by atoms with Crippen LogP contribution in [0.25, 0.3) is 0 Å². The van der Waals surface area contributed by atoms with Crippen molar-refractivity contribution in [3.05, 3.63) is 5.51 Å². The van der Waals surface area contributed by atoms with Gasteiger partial charge in [-0.2, -0.15) is 0 Å². The lowest BCUT2D eigenvalue weighted by Gasteiger charge is -2.33. The highest BCUT2D eigenvalue weighted by Gasteiger charge is 2.20. The quantitative estimate of drug-likeness (QED) is 0.769. The summed E-state index contributed by atoms with van der Waals surface area (Å²) in [5.41, 5.74) is 1.71. The number of nitrogens with zero attached hydrogens (tertiary/aromatic N) is 4. The predicted molar refractivity (Wildman–Crippen MR) is 56.2 cm³/mol. The molecule has 0 bridgehead atoms. The van der Waals surface area contributed by atoms with Crippen molar-refractivity contribution in [3.8, 4) is 0 Å². The molecule has 1 saturated heterocycles. The normalized spacial score (nSPS) is 18.0. The van der Waals surface area contributed by atoms with Crippen LogP contribution in [0, 0.1) is 0 Å². The summed E-state index contributed by atoms with van der Waals surface area (Å²) in [4.78, 5) is 14.6. The van der Waals surface area contributed by atoms with E-state index in [4.69, 9.17) is 5.11 Å². The van der Waals surface area contributed by atoms with Crippen LogP contribution in [0.2, 0.25) is 0 Å². The topological polar surface area (TPSA) is 69.6 Å². The Morgan fingerprint density at radius 3 is 2.73 bits per heavy atom. The highest BCUT2D eigenvalue weighted by atomic mass is 32.1. The largest absolute Gasteiger partial charge is 0.480 e. The second-order valence-corrected chi connectivity index (χ2v) is 4.19. The molecule has 6 nitrogen and oxygen atoms in total. The minimum atomic E-state index is -0.764. The first-order chi connectivity index (χ1) is 7.25. The number of carbonyl (C=O) groups is 1. The van der Waals surface area contributed by atoms with Crippen molar-refractivity contribution in [2.45, 2.75) is 0 Å². The summed E-state index contributed by atoms with van der Waals surface area (Å²) in [5, 5.41) is 17.3. The summed E-state index contributed by atoms with van der Waals surface area (Å²) in [5.74, 6) is -0.764. The molecule has 1 aliphatic heterocycles. The van der Waals surface area contributed by atoms with Crippen LogP contribution in [-0.4, -0.2) is 58.9 Å². The molecule has 0 atom stereocenters. The Hall–Kier alpha value is -1.21. The zero-order valence-electron chi connectivity index (χ0n) is 8.17. The Morgan fingerprint density at radius 2 is 2.20 bits per heavy atom. The fourth-order valence-corrected chi connectivity index (χ4v) is 2.21. The van der Waals surface area contributed by atoms with Gasteiger partial charge in [0.05, 0.1) is 6.54 Å². The zero-order valence-corrected chi connectivity index (χ0v) is 8.98. The number of aliphatic carboxylic acids is 1. The number of carboxylic acid groups (broad SMARTS) is 1. The number of piperazine rings is 1. The summed E-state index contributed by atoms with van der Waals surface area (Å²) >= 11 is 1.51. The maximum absolute atomic E-state index is 10.5. The van der Waals surface area contributed by atoms with Crippen molar-refractivity contribution in [2.75, 3.05) is 37.6 Å². The average Bonchev–Trinajstić information content (AvgIpc) is 2.71. The first-order valence-electron chi connectivity index (χ1n) is 4.71. The van der Waals surface area contributed by atoms with Crippen LogP contribution in [0.1, 0.15) is 0 Å². The molecule has 2 heterocycles. The SMILES string of the molecule is O=C(O)CN1CCN(c2nncs2)CC1. The summed E-state index contributed by atoms with van der Waals surface area (Å²) in [6.07, 6.45) is 0. The van der Waals surface area contributed by atoms with Crippen LogP contribution in [0.4, 0.5) is 5.13 Å². The molecule has 1 N–H and O–H groups in total. The lowest BCUT2D eigenvalue weighted by atomic mass is 10.3. The van der Waals surface area contributed by atoms with Crippen molar-refractivity contribution >= 4 is 22.4 Å². The number of hydrogen-bond acceptors (Lipinski definition) is 6. The Bertz CT molecular complexity index is 321. The third kappa shape index (κ3) is 2.63. The molecule has 0 saturated carbocycles. The average molecular weight is 228 g/mol. The second kappa shape index (κ2) is 4.54. The van der Waals surface area contributed by atoms with E-state index in [0.717, 1.165) is 31.3 Å². The van der Waals surface area contributed by atoms with Crippen molar-refractivity contribution in [3.63, 3.8) is 0 Å². The summed E-state index contributed by atoms with van der Waals surface area (Å²) in [6, 6.07) is 0. The highest BCUT2D eigenvalue weighted by Crippen LogP contribution is 2.17. The number of anilines is 1. The smallest absolute Gasteiger partial charge is 0.317 e. The van der Waals surface area contributed by atoms with Crippen LogP contribution in [-0.2, 0) is 4.79 Å². The van der Waals surface area contributed by atoms with Gasteiger partial charge >= 0.3 is 5.97 Å².